The molecule has 1 atom stereocenters. The topological polar surface area (TPSA) is 94.1 Å². The Morgan fingerprint density at radius 3 is 3.00 bits per heavy atom. The smallest absolute Gasteiger partial charge is 0.310 e. The lowest BCUT2D eigenvalue weighted by Crippen LogP contribution is -2.28. The molecule has 0 radical (unpaired) electrons. The molecule has 1 heterocycles. The van der Waals surface area contributed by atoms with Gasteiger partial charge in [0.05, 0.1) is 4.92 Å². The first-order valence-electron chi connectivity index (χ1n) is 5.24. The van der Waals surface area contributed by atoms with Crippen LogP contribution < -0.4 is 11.1 Å². The van der Waals surface area contributed by atoms with E-state index < -0.39 is 4.92 Å². The molecule has 0 aliphatic heterocycles. The van der Waals surface area contributed by atoms with Gasteiger partial charge in [-0.15, -0.1) is 0 Å². The molecule has 16 heavy (non-hydrogen) atoms. The number of hydrogen-bond acceptors (Lipinski definition) is 5. The van der Waals surface area contributed by atoms with Crippen molar-refractivity contribution in [2.75, 3.05) is 11.9 Å². The molecule has 1 unspecified atom stereocenters. The van der Waals surface area contributed by atoms with Crippen molar-refractivity contribution in [3.8, 4) is 0 Å². The summed E-state index contributed by atoms with van der Waals surface area (Å²) >= 11 is 0. The molecule has 3 N–H and O–H groups in total. The molecule has 0 aliphatic carbocycles. The Morgan fingerprint density at radius 2 is 2.44 bits per heavy atom. The summed E-state index contributed by atoms with van der Waals surface area (Å²) in [4.78, 5) is 14.0. The lowest BCUT2D eigenvalue weighted by atomic mass is 10.1. The highest BCUT2D eigenvalue weighted by Crippen LogP contribution is 2.23. The lowest BCUT2D eigenvalue weighted by molar-refractivity contribution is -0.384. The van der Waals surface area contributed by atoms with Crippen LogP contribution >= 0.6 is 0 Å². The van der Waals surface area contributed by atoms with Crippen LogP contribution in [0, 0.1) is 10.1 Å². The first-order chi connectivity index (χ1) is 7.69. The van der Waals surface area contributed by atoms with E-state index in [1.54, 1.807) is 6.07 Å². The monoisotopic (exact) mass is 224 g/mol. The molecule has 88 valence electrons. The van der Waals surface area contributed by atoms with Gasteiger partial charge in [0.1, 0.15) is 11.9 Å². The molecule has 0 spiro atoms. The quantitative estimate of drug-likeness (QED) is 0.564. The van der Waals surface area contributed by atoms with E-state index in [0.717, 1.165) is 12.8 Å². The number of nitro groups is 1. The van der Waals surface area contributed by atoms with Gasteiger partial charge in [0.2, 0.25) is 0 Å². The van der Waals surface area contributed by atoms with E-state index in [-0.39, 0.29) is 11.7 Å². The number of hydrogen-bond donors (Lipinski definition) is 2. The third kappa shape index (κ3) is 3.16. The Bertz CT molecular complexity index is 356. The van der Waals surface area contributed by atoms with Crippen LogP contribution in [0.3, 0.4) is 0 Å². The third-order valence-corrected chi connectivity index (χ3v) is 2.28. The van der Waals surface area contributed by atoms with Gasteiger partial charge in [-0.3, -0.25) is 15.1 Å². The van der Waals surface area contributed by atoms with Crippen LogP contribution in [0.2, 0.25) is 0 Å². The van der Waals surface area contributed by atoms with Crippen molar-refractivity contribution in [2.24, 2.45) is 5.73 Å². The zero-order valence-corrected chi connectivity index (χ0v) is 9.22. The van der Waals surface area contributed by atoms with Crippen molar-refractivity contribution in [2.45, 2.75) is 25.8 Å². The van der Waals surface area contributed by atoms with Crippen molar-refractivity contribution in [3.05, 3.63) is 28.6 Å². The third-order valence-electron chi connectivity index (χ3n) is 2.28. The van der Waals surface area contributed by atoms with E-state index in [2.05, 4.69) is 10.3 Å². The molecule has 0 aliphatic rings. The van der Waals surface area contributed by atoms with Gasteiger partial charge in [0, 0.05) is 18.8 Å². The predicted molar refractivity (Wildman–Crippen MR) is 62.3 cm³/mol. The second kappa shape index (κ2) is 6.02. The largest absolute Gasteiger partial charge is 0.375 e. The Morgan fingerprint density at radius 1 is 1.69 bits per heavy atom. The highest BCUT2D eigenvalue weighted by Gasteiger charge is 2.15. The number of pyridine rings is 1. The van der Waals surface area contributed by atoms with E-state index in [1.807, 2.05) is 6.92 Å². The average Bonchev–Trinajstić information content (AvgIpc) is 2.29. The van der Waals surface area contributed by atoms with Crippen LogP contribution in [0.25, 0.3) is 0 Å². The summed E-state index contributed by atoms with van der Waals surface area (Å²) in [7, 11) is 0. The van der Waals surface area contributed by atoms with Gasteiger partial charge in [0.15, 0.2) is 0 Å². The maximum absolute atomic E-state index is 10.7. The molecule has 6 heteroatoms. The van der Waals surface area contributed by atoms with Crippen LogP contribution in [0.5, 0.6) is 0 Å². The number of nitrogens with two attached hydrogens (primary N) is 1. The van der Waals surface area contributed by atoms with Gasteiger partial charge in [-0.25, -0.2) is 0 Å². The van der Waals surface area contributed by atoms with E-state index in [9.17, 15) is 10.1 Å². The summed E-state index contributed by atoms with van der Waals surface area (Å²) in [6.07, 6.45) is 4.63. The fourth-order valence-electron chi connectivity index (χ4n) is 1.47. The zero-order valence-electron chi connectivity index (χ0n) is 9.22. The second-order valence-electron chi connectivity index (χ2n) is 3.52. The highest BCUT2D eigenvalue weighted by atomic mass is 16.6. The molecule has 1 aromatic heterocycles. The first kappa shape index (κ1) is 12.4. The number of nitrogens with one attached hydrogen (secondary N) is 1. The number of rotatable bonds is 6. The van der Waals surface area contributed by atoms with Gasteiger partial charge >= 0.3 is 5.69 Å². The predicted octanol–water partition coefficient (Wildman–Crippen LogP) is 1.53. The summed E-state index contributed by atoms with van der Waals surface area (Å²) in [5, 5.41) is 13.8. The molecule has 0 fully saturated rings. The summed E-state index contributed by atoms with van der Waals surface area (Å²) in [5.41, 5.74) is 6.04. The standard InChI is InChI=1S/C10H16N4O2/c1-2-3-8(6-11)13-9-4-5-12-7-10(9)14(15)16/h4-5,7-8H,2-3,6,11H2,1H3,(H,12,13). The van der Waals surface area contributed by atoms with Crippen molar-refractivity contribution in [3.63, 3.8) is 0 Å². The fourth-order valence-corrected chi connectivity index (χ4v) is 1.47. The second-order valence-corrected chi connectivity index (χ2v) is 3.52. The van der Waals surface area contributed by atoms with E-state index in [0.29, 0.717) is 12.2 Å². The minimum Gasteiger partial charge on any atom is -0.375 e. The summed E-state index contributed by atoms with van der Waals surface area (Å²) < 4.78 is 0. The molecule has 0 bridgehead atoms. The maximum atomic E-state index is 10.7. The number of nitrogens with zero attached hydrogens (tertiary/aromatic N) is 2. The molecular formula is C10H16N4O2. The fraction of sp³-hybridized carbons (Fsp3) is 0.500. The van der Waals surface area contributed by atoms with E-state index in [1.165, 1.54) is 12.4 Å². The van der Waals surface area contributed by atoms with Crippen LogP contribution in [0.1, 0.15) is 19.8 Å². The van der Waals surface area contributed by atoms with Crippen LogP contribution in [-0.2, 0) is 0 Å². The molecule has 6 nitrogen and oxygen atoms in total. The summed E-state index contributed by atoms with van der Waals surface area (Å²) in [5.74, 6) is 0. The van der Waals surface area contributed by atoms with Gasteiger partial charge in [-0.1, -0.05) is 13.3 Å². The minimum absolute atomic E-state index is 0.0166. The highest BCUT2D eigenvalue weighted by molar-refractivity contribution is 5.60. The van der Waals surface area contributed by atoms with Crippen molar-refractivity contribution < 1.29 is 4.92 Å². The molecule has 0 amide bonds. The molecule has 0 aromatic carbocycles. The molecule has 0 saturated carbocycles. The Hall–Kier alpha value is -1.69. The normalized spacial score (nSPS) is 12.1. The van der Waals surface area contributed by atoms with Crippen LogP contribution in [0.4, 0.5) is 11.4 Å². The van der Waals surface area contributed by atoms with Gasteiger partial charge < -0.3 is 11.1 Å². The van der Waals surface area contributed by atoms with Crippen molar-refractivity contribution >= 4 is 11.4 Å². The Balaban J connectivity index is 2.82. The average molecular weight is 224 g/mol. The zero-order chi connectivity index (χ0) is 12.0. The molecule has 1 rings (SSSR count). The molecule has 1 aromatic rings. The molecular weight excluding hydrogens is 208 g/mol. The number of anilines is 1. The molecule has 0 saturated heterocycles. The lowest BCUT2D eigenvalue weighted by Gasteiger charge is -2.16. The first-order valence-corrected chi connectivity index (χ1v) is 5.24. The van der Waals surface area contributed by atoms with Gasteiger partial charge in [-0.2, -0.15) is 0 Å². The Kier molecular flexibility index (Phi) is 4.65. The van der Waals surface area contributed by atoms with E-state index in [4.69, 9.17) is 5.73 Å². The maximum Gasteiger partial charge on any atom is 0.310 e. The van der Waals surface area contributed by atoms with E-state index >= 15 is 0 Å². The van der Waals surface area contributed by atoms with Gasteiger partial charge in [-0.05, 0) is 12.5 Å². The summed E-state index contributed by atoms with van der Waals surface area (Å²) in [6, 6.07) is 1.65. The van der Waals surface area contributed by atoms with Crippen molar-refractivity contribution in [1.82, 2.24) is 4.98 Å². The Labute approximate surface area is 94.0 Å². The number of aromatic nitrogens is 1. The van der Waals surface area contributed by atoms with Crippen molar-refractivity contribution in [1.29, 1.82) is 0 Å². The summed E-state index contributed by atoms with van der Waals surface area (Å²) in [6.45, 7) is 2.50. The van der Waals surface area contributed by atoms with Crippen LogP contribution in [0.15, 0.2) is 18.5 Å². The van der Waals surface area contributed by atoms with Crippen LogP contribution in [-0.4, -0.2) is 22.5 Å². The van der Waals surface area contributed by atoms with Gasteiger partial charge in [0.25, 0.3) is 0 Å². The minimum atomic E-state index is -0.450. The SMILES string of the molecule is CCCC(CN)Nc1ccncc1[N+](=O)[O-].